The Balaban J connectivity index is 1.93. The lowest BCUT2D eigenvalue weighted by atomic mass is 9.82. The van der Waals surface area contributed by atoms with Crippen LogP contribution in [0.25, 0.3) is 0 Å². The zero-order valence-electron chi connectivity index (χ0n) is 8.87. The molecule has 0 spiro atoms. The predicted molar refractivity (Wildman–Crippen MR) is 63.4 cm³/mol. The number of thiophene rings is 1. The van der Waals surface area contributed by atoms with E-state index in [-0.39, 0.29) is 6.04 Å². The van der Waals surface area contributed by atoms with Gasteiger partial charge in [0.05, 0.1) is 0 Å². The average Bonchev–Trinajstić information content (AvgIpc) is 2.84. The minimum atomic E-state index is -3.25. The number of rotatable bonds is 2. The Morgan fingerprint density at radius 1 is 1.25 bits per heavy atom. The van der Waals surface area contributed by atoms with Crippen LogP contribution in [-0.2, 0) is 10.0 Å². The van der Waals surface area contributed by atoms with E-state index in [9.17, 15) is 8.42 Å². The molecule has 3 aliphatic rings. The summed E-state index contributed by atoms with van der Waals surface area (Å²) in [6, 6.07) is 3.69. The van der Waals surface area contributed by atoms with Crippen LogP contribution in [0.15, 0.2) is 21.7 Å². The Morgan fingerprint density at radius 3 is 2.50 bits per heavy atom. The maximum atomic E-state index is 12.3. The van der Waals surface area contributed by atoms with Crippen LogP contribution in [0.3, 0.4) is 0 Å². The quantitative estimate of drug-likeness (QED) is 0.815. The van der Waals surface area contributed by atoms with Crippen LogP contribution in [0.1, 0.15) is 25.7 Å². The Bertz CT molecular complexity index is 458. The van der Waals surface area contributed by atoms with Gasteiger partial charge in [-0.2, -0.15) is 4.31 Å². The summed E-state index contributed by atoms with van der Waals surface area (Å²) in [6.07, 6.45) is 4.35. The Hall–Kier alpha value is -0.390. The van der Waals surface area contributed by atoms with Crippen molar-refractivity contribution in [2.75, 3.05) is 0 Å². The van der Waals surface area contributed by atoms with Gasteiger partial charge in [-0.15, -0.1) is 11.3 Å². The van der Waals surface area contributed by atoms with E-state index in [1.165, 1.54) is 11.3 Å². The second-order valence-corrected chi connectivity index (χ2v) is 7.50. The van der Waals surface area contributed by atoms with Gasteiger partial charge >= 0.3 is 0 Å². The van der Waals surface area contributed by atoms with Crippen molar-refractivity contribution in [2.24, 2.45) is 5.92 Å². The molecule has 3 nitrogen and oxygen atoms in total. The fourth-order valence-electron chi connectivity index (χ4n) is 2.63. The molecule has 2 aliphatic heterocycles. The lowest BCUT2D eigenvalue weighted by Crippen LogP contribution is -2.47. The normalized spacial score (nSPS) is 30.8. The summed E-state index contributed by atoms with van der Waals surface area (Å²) >= 11 is 1.30. The molecule has 16 heavy (non-hydrogen) atoms. The number of hydrogen-bond acceptors (Lipinski definition) is 3. The molecule has 1 aliphatic carbocycles. The molecule has 1 aromatic rings. The standard InChI is InChI=1S/C11H14NO2S2/c13-16(14,11-2-1-7-15-11)12-8-9-3-5-10(12)6-4-9/h1-2,7-10H,3-6H2. The van der Waals surface area contributed by atoms with E-state index < -0.39 is 10.0 Å². The lowest BCUT2D eigenvalue weighted by Gasteiger charge is -2.43. The molecule has 2 saturated heterocycles. The van der Waals surface area contributed by atoms with Gasteiger partial charge in [-0.25, -0.2) is 8.42 Å². The Kier molecular flexibility index (Phi) is 2.57. The predicted octanol–water partition coefficient (Wildman–Crippen LogP) is 2.47. The number of sulfonamides is 1. The number of piperidine rings is 2. The summed E-state index contributed by atoms with van der Waals surface area (Å²) in [5, 5.41) is 1.81. The first-order valence-corrected chi connectivity index (χ1v) is 7.92. The van der Waals surface area contributed by atoms with Crippen molar-refractivity contribution in [1.29, 1.82) is 0 Å². The van der Waals surface area contributed by atoms with E-state index >= 15 is 0 Å². The van der Waals surface area contributed by atoms with E-state index in [0.717, 1.165) is 25.7 Å². The van der Waals surface area contributed by atoms with Crippen molar-refractivity contribution in [3.8, 4) is 0 Å². The van der Waals surface area contributed by atoms with Crippen LogP contribution >= 0.6 is 11.3 Å². The summed E-state index contributed by atoms with van der Waals surface area (Å²) in [6.45, 7) is 1.94. The zero-order valence-corrected chi connectivity index (χ0v) is 10.5. The first kappa shape index (κ1) is 10.7. The monoisotopic (exact) mass is 256 g/mol. The summed E-state index contributed by atoms with van der Waals surface area (Å²) < 4.78 is 26.8. The molecule has 0 atom stereocenters. The smallest absolute Gasteiger partial charge is 0.206 e. The molecular formula is C11H14NO2S2. The molecule has 5 heteroatoms. The third kappa shape index (κ3) is 1.61. The molecule has 1 saturated carbocycles. The van der Waals surface area contributed by atoms with Crippen LogP contribution in [0.5, 0.6) is 0 Å². The zero-order chi connectivity index (χ0) is 11.2. The molecule has 4 rings (SSSR count). The highest BCUT2D eigenvalue weighted by atomic mass is 32.2. The highest BCUT2D eigenvalue weighted by molar-refractivity contribution is 7.91. The fourth-order valence-corrected chi connectivity index (χ4v) is 5.38. The van der Waals surface area contributed by atoms with E-state index in [0.29, 0.717) is 10.1 Å². The van der Waals surface area contributed by atoms with Crippen molar-refractivity contribution in [1.82, 2.24) is 4.31 Å². The number of nitrogens with zero attached hydrogens (tertiary/aromatic N) is 1. The second-order valence-electron chi connectivity index (χ2n) is 4.48. The highest BCUT2D eigenvalue weighted by Gasteiger charge is 2.41. The first-order valence-electron chi connectivity index (χ1n) is 5.60. The largest absolute Gasteiger partial charge is 0.253 e. The minimum absolute atomic E-state index is 0.206. The van der Waals surface area contributed by atoms with Gasteiger partial charge in [-0.3, -0.25) is 0 Å². The third-order valence-corrected chi connectivity index (χ3v) is 6.69. The van der Waals surface area contributed by atoms with Gasteiger partial charge in [-0.1, -0.05) is 6.07 Å². The molecule has 0 unspecified atom stereocenters. The van der Waals surface area contributed by atoms with Crippen LogP contribution in [0.2, 0.25) is 0 Å². The molecule has 0 amide bonds. The van der Waals surface area contributed by atoms with Gasteiger partial charge in [0.15, 0.2) is 0 Å². The van der Waals surface area contributed by atoms with Crippen LogP contribution < -0.4 is 0 Å². The van der Waals surface area contributed by atoms with Crippen LogP contribution in [0.4, 0.5) is 0 Å². The van der Waals surface area contributed by atoms with Crippen molar-refractivity contribution in [2.45, 2.75) is 35.9 Å². The molecule has 1 radical (unpaired) electrons. The molecule has 0 aromatic carbocycles. The number of fused-ring (bicyclic) bond motifs is 3. The van der Waals surface area contributed by atoms with Gasteiger partial charge in [0.25, 0.3) is 10.0 Å². The van der Waals surface area contributed by atoms with Crippen molar-refractivity contribution < 1.29 is 8.42 Å². The molecule has 0 N–H and O–H groups in total. The van der Waals surface area contributed by atoms with E-state index in [1.807, 2.05) is 11.9 Å². The van der Waals surface area contributed by atoms with Crippen molar-refractivity contribution >= 4 is 21.4 Å². The first-order chi connectivity index (χ1) is 7.68. The summed E-state index contributed by atoms with van der Waals surface area (Å²) in [5.41, 5.74) is 0. The second kappa shape index (κ2) is 3.82. The van der Waals surface area contributed by atoms with E-state index in [2.05, 4.69) is 0 Å². The van der Waals surface area contributed by atoms with Gasteiger partial charge in [0.2, 0.25) is 0 Å². The van der Waals surface area contributed by atoms with E-state index in [1.54, 1.807) is 16.4 Å². The van der Waals surface area contributed by atoms with Crippen LogP contribution in [-0.4, -0.2) is 18.8 Å². The topological polar surface area (TPSA) is 37.4 Å². The summed E-state index contributed by atoms with van der Waals surface area (Å²) in [5.74, 6) is 0.472. The van der Waals surface area contributed by atoms with Gasteiger partial charge in [0, 0.05) is 12.6 Å². The van der Waals surface area contributed by atoms with Crippen molar-refractivity contribution in [3.63, 3.8) is 0 Å². The SMILES string of the molecule is O=S(=O)(c1cccs1)N1[CH]C2CCC1CC2. The molecule has 3 fully saturated rings. The molecule has 87 valence electrons. The van der Waals surface area contributed by atoms with E-state index in [4.69, 9.17) is 0 Å². The van der Waals surface area contributed by atoms with Gasteiger partial charge in [-0.05, 0) is 43.0 Å². The average molecular weight is 256 g/mol. The number of hydrogen-bond donors (Lipinski definition) is 0. The molecule has 1 aromatic heterocycles. The molecule has 3 heterocycles. The summed E-state index contributed by atoms with van der Waals surface area (Å²) in [4.78, 5) is 0. The van der Waals surface area contributed by atoms with Crippen LogP contribution in [0, 0.1) is 12.5 Å². The van der Waals surface area contributed by atoms with Gasteiger partial charge in [0.1, 0.15) is 4.21 Å². The maximum Gasteiger partial charge on any atom is 0.253 e. The van der Waals surface area contributed by atoms with Gasteiger partial charge < -0.3 is 0 Å². The van der Waals surface area contributed by atoms with Crippen molar-refractivity contribution in [3.05, 3.63) is 24.1 Å². The third-order valence-electron chi connectivity index (χ3n) is 3.49. The maximum absolute atomic E-state index is 12.3. The Morgan fingerprint density at radius 2 is 2.00 bits per heavy atom. The minimum Gasteiger partial charge on any atom is -0.206 e. The fraction of sp³-hybridized carbons (Fsp3) is 0.545. The Labute approximate surface area is 100 Å². The molecule has 2 bridgehead atoms. The lowest BCUT2D eigenvalue weighted by molar-refractivity contribution is 0.165. The summed E-state index contributed by atoms with van der Waals surface area (Å²) in [7, 11) is -3.25. The molecular weight excluding hydrogens is 242 g/mol. The highest BCUT2D eigenvalue weighted by Crippen LogP contribution is 2.41.